The number of hydrogen-bond donors (Lipinski definition) is 3. The van der Waals surface area contributed by atoms with Crippen LogP contribution in [0.15, 0.2) is 29.4 Å². The highest BCUT2D eigenvalue weighted by Crippen LogP contribution is 2.26. The summed E-state index contributed by atoms with van der Waals surface area (Å²) in [5.74, 6) is 1.47. The molecule has 0 radical (unpaired) electrons. The van der Waals surface area contributed by atoms with Crippen LogP contribution < -0.4 is 10.7 Å². The molecule has 88 valence electrons. The van der Waals surface area contributed by atoms with Gasteiger partial charge >= 0.3 is 0 Å². The van der Waals surface area contributed by atoms with E-state index in [-0.39, 0.29) is 5.69 Å². The Balaban J connectivity index is 1.98. The van der Waals surface area contributed by atoms with Crippen LogP contribution in [0.2, 0.25) is 0 Å². The fourth-order valence-electron chi connectivity index (χ4n) is 1.62. The third-order valence-corrected chi connectivity index (χ3v) is 3.24. The molecule has 0 amide bonds. The van der Waals surface area contributed by atoms with Crippen LogP contribution in [-0.2, 0) is 0 Å². The molecule has 1 aromatic heterocycles. The molecule has 1 aliphatic rings. The molecule has 3 rings (SSSR count). The number of nitrogens with zero attached hydrogens (tertiary/aromatic N) is 3. The fourth-order valence-corrected chi connectivity index (χ4v) is 2.32. The van der Waals surface area contributed by atoms with Crippen molar-refractivity contribution in [2.75, 3.05) is 11.3 Å². The molecule has 0 saturated heterocycles. The van der Waals surface area contributed by atoms with Crippen LogP contribution in [0, 0.1) is 5.21 Å². The second-order valence-corrected chi connectivity index (χ2v) is 4.41. The van der Waals surface area contributed by atoms with Crippen molar-refractivity contribution in [2.24, 2.45) is 0 Å². The van der Waals surface area contributed by atoms with Crippen LogP contribution in [0.3, 0.4) is 0 Å². The first-order valence-electron chi connectivity index (χ1n) is 4.91. The first-order valence-corrected chi connectivity index (χ1v) is 5.90. The maximum Gasteiger partial charge on any atom is 0.212 e. The highest BCUT2D eigenvalue weighted by molar-refractivity contribution is 7.99. The highest BCUT2D eigenvalue weighted by Gasteiger charge is 2.18. The molecule has 1 aromatic carbocycles. The van der Waals surface area contributed by atoms with Gasteiger partial charge in [-0.05, 0) is 12.1 Å². The summed E-state index contributed by atoms with van der Waals surface area (Å²) in [7, 11) is 0. The van der Waals surface area contributed by atoms with Crippen molar-refractivity contribution >= 4 is 17.4 Å². The van der Waals surface area contributed by atoms with Crippen molar-refractivity contribution in [2.45, 2.75) is 5.16 Å². The van der Waals surface area contributed by atoms with Gasteiger partial charge in [0, 0.05) is 17.7 Å². The van der Waals surface area contributed by atoms with Crippen molar-refractivity contribution in [1.29, 1.82) is 0 Å². The van der Waals surface area contributed by atoms with E-state index in [0.29, 0.717) is 5.82 Å². The zero-order valence-corrected chi connectivity index (χ0v) is 9.44. The van der Waals surface area contributed by atoms with Gasteiger partial charge in [0.1, 0.15) is 0 Å². The van der Waals surface area contributed by atoms with E-state index >= 15 is 0 Å². The van der Waals surface area contributed by atoms with Crippen molar-refractivity contribution in [3.05, 3.63) is 29.5 Å². The maximum absolute atomic E-state index is 10.7. The molecular formula is C9H9N5O2S. The molecule has 0 saturated carbocycles. The number of thioether (sulfide) groups is 1. The quantitative estimate of drug-likeness (QED) is 0.649. The van der Waals surface area contributed by atoms with E-state index in [1.54, 1.807) is 40.7 Å². The van der Waals surface area contributed by atoms with Gasteiger partial charge in [-0.25, -0.2) is 9.88 Å². The van der Waals surface area contributed by atoms with Crippen molar-refractivity contribution < 1.29 is 10.4 Å². The van der Waals surface area contributed by atoms with E-state index in [9.17, 15) is 5.21 Å². The molecule has 17 heavy (non-hydrogen) atoms. The minimum Gasteiger partial charge on any atom is -0.595 e. The third-order valence-electron chi connectivity index (χ3n) is 2.45. The van der Waals surface area contributed by atoms with Gasteiger partial charge in [0.05, 0.1) is 5.88 Å². The lowest BCUT2D eigenvalue weighted by Gasteiger charge is -2.11. The predicted molar refractivity (Wildman–Crippen MR) is 61.3 cm³/mol. The Bertz CT molecular complexity index is 539. The lowest BCUT2D eigenvalue weighted by molar-refractivity contribution is -0.991. The summed E-state index contributed by atoms with van der Waals surface area (Å²) in [6, 6.07) is 6.57. The highest BCUT2D eigenvalue weighted by atomic mass is 32.2. The number of benzene rings is 1. The molecule has 0 aliphatic carbocycles. The van der Waals surface area contributed by atoms with E-state index < -0.39 is 5.23 Å². The lowest BCUT2D eigenvalue weighted by atomic mass is 10.2. The minimum absolute atomic E-state index is 0.261. The minimum atomic E-state index is -0.934. The van der Waals surface area contributed by atoms with E-state index in [1.165, 1.54) is 0 Å². The molecular weight excluding hydrogens is 242 g/mol. The first-order chi connectivity index (χ1) is 8.25. The predicted octanol–water partition coefficient (Wildman–Crippen LogP) is -0.0448. The zero-order chi connectivity index (χ0) is 11.8. The van der Waals surface area contributed by atoms with E-state index in [2.05, 4.69) is 15.6 Å². The van der Waals surface area contributed by atoms with E-state index in [0.717, 1.165) is 16.6 Å². The number of aromatic nitrogens is 3. The SMILES string of the molecule is [O-][NH+](O)c1ccc(-c2nnc3n2NCS3)cc1. The van der Waals surface area contributed by atoms with Gasteiger partial charge in [0.15, 0.2) is 11.5 Å². The van der Waals surface area contributed by atoms with Crippen LogP contribution in [-0.4, -0.2) is 26.0 Å². The Hall–Kier alpha value is -1.61. The standard InChI is InChI=1S/C9H9N5O2S/c15-14(16)7-3-1-6(2-4-7)8-11-12-9-13(8)10-5-17-9/h1-4,10,14-15H,5H2. The number of hydrogen-bond acceptors (Lipinski definition) is 6. The normalized spacial score (nSPS) is 15.4. The Labute approximate surface area is 101 Å². The molecule has 2 heterocycles. The summed E-state index contributed by atoms with van der Waals surface area (Å²) in [5, 5.41) is 27.5. The molecule has 1 aliphatic heterocycles. The van der Waals surface area contributed by atoms with Crippen LogP contribution in [0.25, 0.3) is 11.4 Å². The summed E-state index contributed by atoms with van der Waals surface area (Å²) in [6.07, 6.45) is 0. The first kappa shape index (κ1) is 10.5. The average molecular weight is 251 g/mol. The Morgan fingerprint density at radius 2 is 2.12 bits per heavy atom. The van der Waals surface area contributed by atoms with Crippen LogP contribution in [0.5, 0.6) is 0 Å². The second kappa shape index (κ2) is 4.00. The molecule has 2 aromatic rings. The summed E-state index contributed by atoms with van der Waals surface area (Å²) in [4.78, 5) is 0. The monoisotopic (exact) mass is 251 g/mol. The molecule has 7 nitrogen and oxygen atoms in total. The zero-order valence-electron chi connectivity index (χ0n) is 8.62. The molecule has 1 unspecified atom stereocenters. The van der Waals surface area contributed by atoms with Gasteiger partial charge in [-0.1, -0.05) is 11.8 Å². The molecule has 0 bridgehead atoms. The van der Waals surface area contributed by atoms with E-state index in [4.69, 9.17) is 5.21 Å². The Morgan fingerprint density at radius 3 is 2.82 bits per heavy atom. The number of fused-ring (bicyclic) bond motifs is 1. The van der Waals surface area contributed by atoms with E-state index in [1.807, 2.05) is 0 Å². The van der Waals surface area contributed by atoms with Gasteiger partial charge in [-0.2, -0.15) is 5.23 Å². The average Bonchev–Trinajstić information content (AvgIpc) is 2.90. The Morgan fingerprint density at radius 1 is 1.35 bits per heavy atom. The van der Waals surface area contributed by atoms with Crippen molar-refractivity contribution in [3.8, 4) is 11.4 Å². The topological polar surface area (TPSA) is 90.5 Å². The van der Waals surface area contributed by atoms with Gasteiger partial charge in [-0.15, -0.1) is 10.2 Å². The van der Waals surface area contributed by atoms with Gasteiger partial charge < -0.3 is 10.6 Å². The van der Waals surface area contributed by atoms with Crippen LogP contribution >= 0.6 is 11.8 Å². The molecule has 0 fully saturated rings. The molecule has 1 atom stereocenters. The Kier molecular flexibility index (Phi) is 2.48. The molecule has 0 spiro atoms. The summed E-state index contributed by atoms with van der Waals surface area (Å²) >= 11 is 1.58. The summed E-state index contributed by atoms with van der Waals surface area (Å²) < 4.78 is 1.81. The molecule has 8 heteroatoms. The lowest BCUT2D eigenvalue weighted by Crippen LogP contribution is -2.99. The molecule has 3 N–H and O–H groups in total. The third kappa shape index (κ3) is 1.76. The smallest absolute Gasteiger partial charge is 0.212 e. The van der Waals surface area contributed by atoms with Gasteiger partial charge in [0.25, 0.3) is 0 Å². The van der Waals surface area contributed by atoms with Gasteiger partial charge in [-0.3, -0.25) is 0 Å². The van der Waals surface area contributed by atoms with Gasteiger partial charge in [0.2, 0.25) is 5.16 Å². The summed E-state index contributed by atoms with van der Waals surface area (Å²) in [5.41, 5.74) is 4.22. The number of rotatable bonds is 2. The summed E-state index contributed by atoms with van der Waals surface area (Å²) in [6.45, 7) is 0. The fraction of sp³-hybridized carbons (Fsp3) is 0.111. The second-order valence-electron chi connectivity index (χ2n) is 3.47. The maximum atomic E-state index is 10.7. The van der Waals surface area contributed by atoms with Crippen LogP contribution in [0.1, 0.15) is 0 Å². The largest absolute Gasteiger partial charge is 0.595 e. The van der Waals surface area contributed by atoms with Crippen molar-refractivity contribution in [3.63, 3.8) is 0 Å². The van der Waals surface area contributed by atoms with Crippen molar-refractivity contribution in [1.82, 2.24) is 14.9 Å². The number of quaternary nitrogens is 1. The van der Waals surface area contributed by atoms with Crippen LogP contribution in [0.4, 0.5) is 5.69 Å². The number of nitrogens with one attached hydrogen (secondary N) is 2.